The Bertz CT molecular complexity index is 371. The van der Waals surface area contributed by atoms with Gasteiger partial charge in [-0.15, -0.1) is 0 Å². The molecular formula is C10H13N3O2. The Balaban J connectivity index is 2.77. The molecule has 1 aromatic rings. The highest BCUT2D eigenvalue weighted by Gasteiger charge is 2.03. The lowest BCUT2D eigenvalue weighted by molar-refractivity contribution is 0.0601. The molecule has 15 heavy (non-hydrogen) atoms. The zero-order valence-electron chi connectivity index (χ0n) is 8.65. The summed E-state index contributed by atoms with van der Waals surface area (Å²) in [6.45, 7) is 0. The average molecular weight is 207 g/mol. The number of carbonyl (C=O) groups excluding carboxylic acids is 1. The van der Waals surface area contributed by atoms with Crippen LogP contribution in [0.25, 0.3) is 0 Å². The first-order valence-corrected chi connectivity index (χ1v) is 4.35. The summed E-state index contributed by atoms with van der Waals surface area (Å²) in [5.41, 5.74) is 6.74. The molecule has 0 fully saturated rings. The summed E-state index contributed by atoms with van der Waals surface area (Å²) in [4.78, 5) is 14.9. The molecule has 0 saturated heterocycles. The minimum absolute atomic E-state index is 0.320. The lowest BCUT2D eigenvalue weighted by atomic mass is 10.2. The molecule has 0 aliphatic heterocycles. The SMILES string of the molecule is CN=C(N)Nc1ccc(C(=O)OC)cc1. The van der Waals surface area contributed by atoms with Crippen molar-refractivity contribution in [2.75, 3.05) is 19.5 Å². The van der Waals surface area contributed by atoms with Crippen LogP contribution < -0.4 is 11.1 Å². The largest absolute Gasteiger partial charge is 0.465 e. The van der Waals surface area contributed by atoms with Gasteiger partial charge in [-0.3, -0.25) is 4.99 Å². The predicted molar refractivity (Wildman–Crippen MR) is 59.0 cm³/mol. The number of anilines is 1. The van der Waals surface area contributed by atoms with Crippen LogP contribution in [0, 0.1) is 0 Å². The Labute approximate surface area is 88.0 Å². The van der Waals surface area contributed by atoms with Gasteiger partial charge in [-0.25, -0.2) is 4.79 Å². The molecule has 80 valence electrons. The maximum atomic E-state index is 11.1. The summed E-state index contributed by atoms with van der Waals surface area (Å²) in [5, 5.41) is 2.85. The van der Waals surface area contributed by atoms with Crippen molar-refractivity contribution in [3.05, 3.63) is 29.8 Å². The van der Waals surface area contributed by atoms with E-state index in [4.69, 9.17) is 5.73 Å². The Hall–Kier alpha value is -2.04. The quantitative estimate of drug-likeness (QED) is 0.428. The van der Waals surface area contributed by atoms with Crippen LogP contribution in [0.4, 0.5) is 5.69 Å². The van der Waals surface area contributed by atoms with E-state index in [1.807, 2.05) is 0 Å². The lowest BCUT2D eigenvalue weighted by Gasteiger charge is -2.05. The normalized spacial score (nSPS) is 10.9. The zero-order chi connectivity index (χ0) is 11.3. The molecule has 0 atom stereocenters. The molecule has 5 nitrogen and oxygen atoms in total. The molecule has 0 unspecified atom stereocenters. The summed E-state index contributed by atoms with van der Waals surface area (Å²) in [5.74, 6) is -0.0421. The molecule has 1 rings (SSSR count). The summed E-state index contributed by atoms with van der Waals surface area (Å²) in [7, 11) is 2.93. The minimum Gasteiger partial charge on any atom is -0.465 e. The van der Waals surface area contributed by atoms with E-state index < -0.39 is 0 Å². The van der Waals surface area contributed by atoms with Crippen molar-refractivity contribution < 1.29 is 9.53 Å². The van der Waals surface area contributed by atoms with E-state index in [-0.39, 0.29) is 5.97 Å². The smallest absolute Gasteiger partial charge is 0.337 e. The van der Waals surface area contributed by atoms with Crippen LogP contribution in [0.2, 0.25) is 0 Å². The number of nitrogens with one attached hydrogen (secondary N) is 1. The van der Waals surface area contributed by atoms with E-state index in [1.165, 1.54) is 7.11 Å². The Morgan fingerprint density at radius 2 is 2.00 bits per heavy atom. The third-order valence-electron chi connectivity index (χ3n) is 1.82. The summed E-state index contributed by atoms with van der Waals surface area (Å²) in [6.07, 6.45) is 0. The topological polar surface area (TPSA) is 76.7 Å². The Morgan fingerprint density at radius 3 is 2.47 bits per heavy atom. The molecule has 0 bridgehead atoms. The number of guanidine groups is 1. The van der Waals surface area contributed by atoms with Gasteiger partial charge in [-0.05, 0) is 24.3 Å². The fraction of sp³-hybridized carbons (Fsp3) is 0.200. The van der Waals surface area contributed by atoms with Crippen molar-refractivity contribution in [1.29, 1.82) is 0 Å². The van der Waals surface area contributed by atoms with Crippen LogP contribution in [0.1, 0.15) is 10.4 Å². The molecule has 0 aromatic heterocycles. The summed E-state index contributed by atoms with van der Waals surface area (Å²) >= 11 is 0. The second kappa shape index (κ2) is 4.99. The third-order valence-corrected chi connectivity index (χ3v) is 1.82. The van der Waals surface area contributed by atoms with Gasteiger partial charge in [0.2, 0.25) is 0 Å². The number of rotatable bonds is 2. The van der Waals surface area contributed by atoms with Crippen LogP contribution >= 0.6 is 0 Å². The lowest BCUT2D eigenvalue weighted by Crippen LogP contribution is -2.21. The number of methoxy groups -OCH3 is 1. The van der Waals surface area contributed by atoms with E-state index in [0.29, 0.717) is 11.5 Å². The predicted octanol–water partition coefficient (Wildman–Crippen LogP) is 0.830. The van der Waals surface area contributed by atoms with Gasteiger partial charge in [0.25, 0.3) is 0 Å². The molecule has 1 aromatic carbocycles. The number of carbonyl (C=O) groups is 1. The number of hydrogen-bond acceptors (Lipinski definition) is 3. The first kappa shape index (κ1) is 11.0. The molecule has 5 heteroatoms. The van der Waals surface area contributed by atoms with Gasteiger partial charge in [-0.1, -0.05) is 0 Å². The minimum atomic E-state index is -0.362. The number of ether oxygens (including phenoxy) is 1. The van der Waals surface area contributed by atoms with Crippen molar-refractivity contribution >= 4 is 17.6 Å². The second-order valence-corrected chi connectivity index (χ2v) is 2.80. The molecule has 3 N–H and O–H groups in total. The van der Waals surface area contributed by atoms with Crippen LogP contribution in [-0.4, -0.2) is 26.1 Å². The molecule has 0 heterocycles. The van der Waals surface area contributed by atoms with Gasteiger partial charge in [0.1, 0.15) is 0 Å². The molecule has 0 saturated carbocycles. The Morgan fingerprint density at radius 1 is 1.40 bits per heavy atom. The van der Waals surface area contributed by atoms with E-state index in [1.54, 1.807) is 31.3 Å². The molecule has 0 amide bonds. The van der Waals surface area contributed by atoms with Crippen LogP contribution in [-0.2, 0) is 4.74 Å². The maximum Gasteiger partial charge on any atom is 0.337 e. The van der Waals surface area contributed by atoms with Gasteiger partial charge in [0, 0.05) is 12.7 Å². The molecule has 0 aliphatic rings. The highest BCUT2D eigenvalue weighted by molar-refractivity contribution is 5.93. The van der Waals surface area contributed by atoms with Gasteiger partial charge >= 0.3 is 5.97 Å². The first-order chi connectivity index (χ1) is 7.17. The zero-order valence-corrected chi connectivity index (χ0v) is 8.65. The van der Waals surface area contributed by atoms with Gasteiger partial charge in [0.15, 0.2) is 5.96 Å². The van der Waals surface area contributed by atoms with Crippen LogP contribution in [0.3, 0.4) is 0 Å². The summed E-state index contributed by atoms with van der Waals surface area (Å²) in [6, 6.07) is 6.75. The monoisotopic (exact) mass is 207 g/mol. The van der Waals surface area contributed by atoms with E-state index in [2.05, 4.69) is 15.0 Å². The highest BCUT2D eigenvalue weighted by Crippen LogP contribution is 2.09. The highest BCUT2D eigenvalue weighted by atomic mass is 16.5. The first-order valence-electron chi connectivity index (χ1n) is 4.35. The molecular weight excluding hydrogens is 194 g/mol. The summed E-state index contributed by atoms with van der Waals surface area (Å²) < 4.78 is 4.57. The number of nitrogens with zero attached hydrogens (tertiary/aromatic N) is 1. The van der Waals surface area contributed by atoms with E-state index >= 15 is 0 Å². The van der Waals surface area contributed by atoms with Gasteiger partial charge < -0.3 is 15.8 Å². The van der Waals surface area contributed by atoms with E-state index in [0.717, 1.165) is 5.69 Å². The molecule has 0 spiro atoms. The second-order valence-electron chi connectivity index (χ2n) is 2.80. The van der Waals surface area contributed by atoms with Gasteiger partial charge in [0.05, 0.1) is 12.7 Å². The van der Waals surface area contributed by atoms with Crippen molar-refractivity contribution in [3.8, 4) is 0 Å². The number of nitrogens with two attached hydrogens (primary N) is 1. The third kappa shape index (κ3) is 2.98. The Kier molecular flexibility index (Phi) is 3.68. The maximum absolute atomic E-state index is 11.1. The number of aliphatic imine (C=N–C) groups is 1. The molecule has 0 aliphatic carbocycles. The van der Waals surface area contributed by atoms with Crippen LogP contribution in [0.5, 0.6) is 0 Å². The fourth-order valence-electron chi connectivity index (χ4n) is 1.01. The van der Waals surface area contributed by atoms with Crippen molar-refractivity contribution in [2.45, 2.75) is 0 Å². The fourth-order valence-corrected chi connectivity index (χ4v) is 1.01. The molecule has 0 radical (unpaired) electrons. The van der Waals surface area contributed by atoms with Crippen molar-refractivity contribution in [1.82, 2.24) is 0 Å². The van der Waals surface area contributed by atoms with Crippen LogP contribution in [0.15, 0.2) is 29.3 Å². The average Bonchev–Trinajstić information content (AvgIpc) is 2.29. The van der Waals surface area contributed by atoms with Crippen molar-refractivity contribution in [3.63, 3.8) is 0 Å². The number of hydrogen-bond donors (Lipinski definition) is 2. The van der Waals surface area contributed by atoms with Crippen molar-refractivity contribution in [2.24, 2.45) is 10.7 Å². The van der Waals surface area contributed by atoms with Gasteiger partial charge in [-0.2, -0.15) is 0 Å². The number of esters is 1. The standard InChI is InChI=1S/C10H13N3O2/c1-12-10(11)13-8-5-3-7(4-6-8)9(14)15-2/h3-6H,1-2H3,(H3,11,12,13). The number of benzene rings is 1. The van der Waals surface area contributed by atoms with E-state index in [9.17, 15) is 4.79 Å².